The van der Waals surface area contributed by atoms with Gasteiger partial charge in [0.05, 0.1) is 42.5 Å². The largest absolute Gasteiger partial charge is 0.468 e. The fraction of sp³-hybridized carbons (Fsp3) is 0.182. The number of hydrogen-bond acceptors (Lipinski definition) is 7. The second kappa shape index (κ2) is 9.84. The summed E-state index contributed by atoms with van der Waals surface area (Å²) in [6.45, 7) is 0.492. The summed E-state index contributed by atoms with van der Waals surface area (Å²) in [5.41, 5.74) is 2.63. The number of benzene rings is 2. The van der Waals surface area contributed by atoms with Crippen molar-refractivity contribution >= 4 is 28.9 Å². The first kappa shape index (κ1) is 22.6. The number of rotatable bonds is 8. The van der Waals surface area contributed by atoms with Crippen LogP contribution in [0.2, 0.25) is 0 Å². The summed E-state index contributed by atoms with van der Waals surface area (Å²) >= 11 is 0. The molecule has 0 saturated heterocycles. The van der Waals surface area contributed by atoms with Crippen molar-refractivity contribution in [3.05, 3.63) is 75.2 Å². The van der Waals surface area contributed by atoms with Gasteiger partial charge in [-0.15, -0.1) is 0 Å². The summed E-state index contributed by atoms with van der Waals surface area (Å²) in [6.07, 6.45) is 2.01. The molecule has 3 rings (SSSR count). The molecule has 0 aliphatic carbocycles. The van der Waals surface area contributed by atoms with E-state index < -0.39 is 16.7 Å². The molecular weight excluding hydrogens is 421 g/mol. The minimum Gasteiger partial charge on any atom is -0.468 e. The number of carbonyl (C=O) groups excluding carboxylic acids is 2. The molecule has 1 heterocycles. The molecule has 0 aliphatic heterocycles. The van der Waals surface area contributed by atoms with E-state index in [0.717, 1.165) is 17.8 Å². The number of fused-ring (bicyclic) bond motifs is 1. The first-order valence-electron chi connectivity index (χ1n) is 9.46. The average Bonchev–Trinajstić information content (AvgIpc) is 3.14. The van der Waals surface area contributed by atoms with Crippen LogP contribution in [0.4, 0.5) is 4.39 Å². The van der Waals surface area contributed by atoms with Gasteiger partial charge in [-0.3, -0.25) is 14.9 Å². The number of hydrogen-bond donors (Lipinski definition) is 2. The first-order valence-corrected chi connectivity index (χ1v) is 9.46. The van der Waals surface area contributed by atoms with Crippen molar-refractivity contribution in [2.24, 2.45) is 0 Å². The summed E-state index contributed by atoms with van der Waals surface area (Å²) in [5, 5.41) is 14.2. The molecule has 0 radical (unpaired) electrons. The number of nitrogens with one attached hydrogen (secondary N) is 2. The van der Waals surface area contributed by atoms with Crippen molar-refractivity contribution in [2.75, 3.05) is 20.8 Å². The van der Waals surface area contributed by atoms with Crippen LogP contribution in [0.1, 0.15) is 21.5 Å². The highest BCUT2D eigenvalue weighted by atomic mass is 19.1. The van der Waals surface area contributed by atoms with Crippen molar-refractivity contribution in [3.63, 3.8) is 0 Å². The molecule has 2 N–H and O–H groups in total. The van der Waals surface area contributed by atoms with Gasteiger partial charge in [0.2, 0.25) is 6.20 Å². The zero-order valence-corrected chi connectivity index (χ0v) is 17.3. The van der Waals surface area contributed by atoms with Crippen LogP contribution in [-0.4, -0.2) is 42.6 Å². The number of methoxy groups -OCH3 is 2. The number of nitro groups is 1. The van der Waals surface area contributed by atoms with Gasteiger partial charge in [-0.1, -0.05) is 24.3 Å². The highest BCUT2D eigenvalue weighted by molar-refractivity contribution is 6.09. The quantitative estimate of drug-likeness (QED) is 0.312. The van der Waals surface area contributed by atoms with Gasteiger partial charge in [-0.05, 0) is 23.3 Å². The van der Waals surface area contributed by atoms with Gasteiger partial charge >= 0.3 is 11.9 Å². The molecule has 10 heteroatoms. The van der Waals surface area contributed by atoms with Crippen LogP contribution < -0.4 is 5.32 Å². The Bertz CT molecular complexity index is 1200. The SMILES string of the molecule is COC(=O)CNCc1ccc(-c2[nH]c3cc(F)cc(C(=O)OC)c3c2C=C[N+](=O)[O-])cc1. The number of ether oxygens (including phenoxy) is 2. The highest BCUT2D eigenvalue weighted by Crippen LogP contribution is 2.34. The molecule has 0 fully saturated rings. The van der Waals surface area contributed by atoms with E-state index >= 15 is 0 Å². The lowest BCUT2D eigenvalue weighted by Crippen LogP contribution is -2.23. The van der Waals surface area contributed by atoms with E-state index in [1.165, 1.54) is 26.4 Å². The number of esters is 2. The molecule has 3 aromatic rings. The Balaban J connectivity index is 2.05. The van der Waals surface area contributed by atoms with Gasteiger partial charge in [0, 0.05) is 23.6 Å². The number of aromatic amines is 1. The average molecular weight is 441 g/mol. The second-order valence-electron chi connectivity index (χ2n) is 6.76. The number of aromatic nitrogens is 1. The Morgan fingerprint density at radius 3 is 2.53 bits per heavy atom. The summed E-state index contributed by atoms with van der Waals surface area (Å²) in [5.74, 6) is -1.79. The van der Waals surface area contributed by atoms with Crippen molar-refractivity contribution < 1.29 is 28.4 Å². The predicted octanol–water partition coefficient (Wildman–Crippen LogP) is 3.27. The van der Waals surface area contributed by atoms with E-state index in [9.17, 15) is 24.1 Å². The molecule has 0 atom stereocenters. The molecule has 0 amide bonds. The highest BCUT2D eigenvalue weighted by Gasteiger charge is 2.21. The van der Waals surface area contributed by atoms with Crippen LogP contribution in [-0.2, 0) is 20.8 Å². The molecule has 0 spiro atoms. The molecule has 2 aromatic carbocycles. The minimum atomic E-state index is -0.761. The Hall–Kier alpha value is -4.05. The topological polar surface area (TPSA) is 124 Å². The Morgan fingerprint density at radius 2 is 1.91 bits per heavy atom. The van der Waals surface area contributed by atoms with Gasteiger partial charge in [-0.2, -0.15) is 0 Å². The molecule has 1 aromatic heterocycles. The fourth-order valence-electron chi connectivity index (χ4n) is 3.29. The van der Waals surface area contributed by atoms with Crippen LogP contribution in [0.5, 0.6) is 0 Å². The summed E-state index contributed by atoms with van der Waals surface area (Å²) < 4.78 is 23.4. The number of H-pyrrole nitrogens is 1. The van der Waals surface area contributed by atoms with Gasteiger partial charge in [-0.25, -0.2) is 9.18 Å². The first-order chi connectivity index (χ1) is 15.3. The normalized spacial score (nSPS) is 11.1. The van der Waals surface area contributed by atoms with Crippen molar-refractivity contribution in [3.8, 4) is 11.3 Å². The van der Waals surface area contributed by atoms with E-state index in [2.05, 4.69) is 15.0 Å². The molecule has 166 valence electrons. The lowest BCUT2D eigenvalue weighted by Gasteiger charge is -2.06. The van der Waals surface area contributed by atoms with E-state index in [4.69, 9.17) is 4.74 Å². The summed E-state index contributed by atoms with van der Waals surface area (Å²) in [4.78, 5) is 36.8. The van der Waals surface area contributed by atoms with E-state index in [-0.39, 0.29) is 18.1 Å². The molecule has 0 saturated carbocycles. The zero-order valence-electron chi connectivity index (χ0n) is 17.3. The van der Waals surface area contributed by atoms with Crippen LogP contribution >= 0.6 is 0 Å². The van der Waals surface area contributed by atoms with E-state index in [1.807, 2.05) is 12.1 Å². The lowest BCUT2D eigenvalue weighted by molar-refractivity contribution is -0.400. The third-order valence-corrected chi connectivity index (χ3v) is 4.74. The maximum absolute atomic E-state index is 14.1. The smallest absolute Gasteiger partial charge is 0.338 e. The molecule has 0 unspecified atom stereocenters. The number of halogens is 1. The van der Waals surface area contributed by atoms with Crippen LogP contribution in [0.3, 0.4) is 0 Å². The number of carbonyl (C=O) groups is 2. The fourth-order valence-corrected chi connectivity index (χ4v) is 3.29. The maximum atomic E-state index is 14.1. The van der Waals surface area contributed by atoms with E-state index in [1.54, 1.807) is 12.1 Å². The Kier molecular flexibility index (Phi) is 6.96. The van der Waals surface area contributed by atoms with Crippen molar-refractivity contribution in [2.45, 2.75) is 6.54 Å². The third kappa shape index (κ3) is 4.98. The Labute approximate surface area is 182 Å². The zero-order chi connectivity index (χ0) is 23.3. The molecular formula is C22H20FN3O6. The predicted molar refractivity (Wildman–Crippen MR) is 115 cm³/mol. The molecule has 32 heavy (non-hydrogen) atoms. The van der Waals surface area contributed by atoms with Gasteiger partial charge < -0.3 is 19.8 Å². The van der Waals surface area contributed by atoms with Crippen LogP contribution in [0.25, 0.3) is 28.2 Å². The van der Waals surface area contributed by atoms with Crippen LogP contribution in [0.15, 0.2) is 42.6 Å². The van der Waals surface area contributed by atoms with Crippen molar-refractivity contribution in [1.29, 1.82) is 0 Å². The molecule has 9 nitrogen and oxygen atoms in total. The second-order valence-corrected chi connectivity index (χ2v) is 6.76. The monoisotopic (exact) mass is 441 g/mol. The van der Waals surface area contributed by atoms with Gasteiger partial charge in [0.1, 0.15) is 5.82 Å². The van der Waals surface area contributed by atoms with Gasteiger partial charge in [0.25, 0.3) is 0 Å². The summed E-state index contributed by atoms with van der Waals surface area (Å²) in [7, 11) is 2.48. The number of nitrogens with zero attached hydrogens (tertiary/aromatic N) is 1. The standard InChI is InChI=1S/C22H20FN3O6/c1-31-19(27)12-24-11-13-3-5-14(6-4-13)21-16(7-8-26(29)30)20-17(22(28)32-2)9-15(23)10-18(20)25-21/h3-10,24-25H,11-12H2,1-2H3. The molecule has 0 aliphatic rings. The van der Waals surface area contributed by atoms with Crippen molar-refractivity contribution in [1.82, 2.24) is 10.3 Å². The minimum absolute atomic E-state index is 0.0448. The van der Waals surface area contributed by atoms with Gasteiger partial charge in [0.15, 0.2) is 0 Å². The third-order valence-electron chi connectivity index (χ3n) is 4.74. The Morgan fingerprint density at radius 1 is 1.19 bits per heavy atom. The lowest BCUT2D eigenvalue weighted by atomic mass is 10.0. The van der Waals surface area contributed by atoms with Crippen LogP contribution in [0, 0.1) is 15.9 Å². The maximum Gasteiger partial charge on any atom is 0.338 e. The molecule has 0 bridgehead atoms. The summed E-state index contributed by atoms with van der Waals surface area (Å²) in [6, 6.07) is 9.42. The van der Waals surface area contributed by atoms with E-state index in [0.29, 0.717) is 34.3 Å².